The second-order valence-electron chi connectivity index (χ2n) is 5.35. The zero-order valence-corrected chi connectivity index (χ0v) is 14.5. The van der Waals surface area contributed by atoms with Gasteiger partial charge in [-0.15, -0.1) is 0 Å². The molecule has 0 aliphatic rings. The van der Waals surface area contributed by atoms with Gasteiger partial charge in [-0.3, -0.25) is 4.79 Å². The summed E-state index contributed by atoms with van der Waals surface area (Å²) in [7, 11) is 1.55. The van der Waals surface area contributed by atoms with Crippen LogP contribution in [0.4, 0.5) is 0 Å². The van der Waals surface area contributed by atoms with Gasteiger partial charge in [0.25, 0.3) is 0 Å². The van der Waals surface area contributed by atoms with Gasteiger partial charge < -0.3 is 14.5 Å². The summed E-state index contributed by atoms with van der Waals surface area (Å²) in [5, 5.41) is 0.754. The summed E-state index contributed by atoms with van der Waals surface area (Å²) in [6.07, 6.45) is 0. The fourth-order valence-corrected chi connectivity index (χ4v) is 2.82. The van der Waals surface area contributed by atoms with Crippen molar-refractivity contribution in [3.63, 3.8) is 0 Å². The molecule has 0 radical (unpaired) electrons. The Morgan fingerprint density at radius 1 is 1.20 bits per heavy atom. The Morgan fingerprint density at radius 2 is 2.00 bits per heavy atom. The summed E-state index contributed by atoms with van der Waals surface area (Å²) < 4.78 is 10.3. The molecule has 0 spiro atoms. The quantitative estimate of drug-likeness (QED) is 0.716. The molecule has 128 valence electrons. The molecular formula is C19H16ClNO4. The maximum Gasteiger partial charge on any atom is 0.344 e. The summed E-state index contributed by atoms with van der Waals surface area (Å²) in [6.45, 7) is 1.86. The molecule has 3 rings (SSSR count). The van der Waals surface area contributed by atoms with Crippen molar-refractivity contribution in [3.8, 4) is 17.0 Å². The van der Waals surface area contributed by atoms with Gasteiger partial charge in [0.2, 0.25) is 5.43 Å². The number of methoxy groups -OCH3 is 1. The number of aromatic amines is 1. The second-order valence-corrected chi connectivity index (χ2v) is 5.78. The van der Waals surface area contributed by atoms with Crippen LogP contribution < -0.4 is 10.2 Å². The number of H-pyrrole nitrogens is 1. The van der Waals surface area contributed by atoms with Crippen molar-refractivity contribution in [2.24, 2.45) is 0 Å². The average molecular weight is 358 g/mol. The number of aromatic nitrogens is 1. The third kappa shape index (κ3) is 3.23. The molecule has 0 saturated carbocycles. The zero-order valence-electron chi connectivity index (χ0n) is 13.8. The SMILES string of the molecule is CCOC(=O)c1c(-c2cccc(OC)c2)[nH]c2ccc(Cl)cc2c1=O. The highest BCUT2D eigenvalue weighted by Gasteiger charge is 2.21. The lowest BCUT2D eigenvalue weighted by Gasteiger charge is -2.12. The number of hydrogen-bond donors (Lipinski definition) is 1. The van der Waals surface area contributed by atoms with Crippen LogP contribution in [0.25, 0.3) is 22.2 Å². The van der Waals surface area contributed by atoms with E-state index in [0.717, 1.165) is 0 Å². The summed E-state index contributed by atoms with van der Waals surface area (Å²) in [6, 6.07) is 12.0. The van der Waals surface area contributed by atoms with Crippen molar-refractivity contribution in [1.82, 2.24) is 4.98 Å². The third-order valence-corrected chi connectivity index (χ3v) is 4.04. The molecule has 0 bridgehead atoms. The smallest absolute Gasteiger partial charge is 0.344 e. The van der Waals surface area contributed by atoms with E-state index in [9.17, 15) is 9.59 Å². The predicted molar refractivity (Wildman–Crippen MR) is 97.5 cm³/mol. The first kappa shape index (κ1) is 17.0. The van der Waals surface area contributed by atoms with Gasteiger partial charge in [-0.1, -0.05) is 23.7 Å². The Hall–Kier alpha value is -2.79. The maximum atomic E-state index is 12.9. The van der Waals surface area contributed by atoms with Crippen molar-refractivity contribution in [2.75, 3.05) is 13.7 Å². The lowest BCUT2D eigenvalue weighted by Crippen LogP contribution is -2.20. The molecule has 0 aliphatic carbocycles. The van der Waals surface area contributed by atoms with Gasteiger partial charge >= 0.3 is 5.97 Å². The Balaban J connectivity index is 2.35. The molecule has 25 heavy (non-hydrogen) atoms. The molecule has 1 N–H and O–H groups in total. The highest BCUT2D eigenvalue weighted by Crippen LogP contribution is 2.27. The molecule has 0 atom stereocenters. The van der Waals surface area contributed by atoms with Gasteiger partial charge in [0.1, 0.15) is 11.3 Å². The molecule has 3 aromatic rings. The standard InChI is InChI=1S/C19H16ClNO4/c1-3-25-19(23)16-17(11-5-4-6-13(9-11)24-2)21-15-8-7-12(20)10-14(15)18(16)22/h4-10H,3H2,1-2H3,(H,21,22). The summed E-state index contributed by atoms with van der Waals surface area (Å²) in [4.78, 5) is 28.5. The molecule has 0 amide bonds. The number of carbonyl (C=O) groups is 1. The number of pyridine rings is 1. The van der Waals surface area contributed by atoms with Crippen LogP contribution in [0.5, 0.6) is 5.75 Å². The van der Waals surface area contributed by atoms with Crippen molar-refractivity contribution in [3.05, 3.63) is 63.3 Å². The van der Waals surface area contributed by atoms with Crippen molar-refractivity contribution in [2.45, 2.75) is 6.92 Å². The molecule has 5 nitrogen and oxygen atoms in total. The molecule has 0 fully saturated rings. The Labute approximate surface area is 149 Å². The normalized spacial score (nSPS) is 10.7. The lowest BCUT2D eigenvalue weighted by atomic mass is 10.0. The van der Waals surface area contributed by atoms with Crippen molar-refractivity contribution < 1.29 is 14.3 Å². The van der Waals surface area contributed by atoms with Crippen LogP contribution in [0.1, 0.15) is 17.3 Å². The van der Waals surface area contributed by atoms with Gasteiger partial charge in [0.15, 0.2) is 0 Å². The van der Waals surface area contributed by atoms with Gasteiger partial charge in [0, 0.05) is 21.5 Å². The largest absolute Gasteiger partial charge is 0.497 e. The summed E-state index contributed by atoms with van der Waals surface area (Å²) in [5.74, 6) is -0.0622. The number of esters is 1. The third-order valence-electron chi connectivity index (χ3n) is 3.80. The van der Waals surface area contributed by atoms with Gasteiger partial charge in [-0.2, -0.15) is 0 Å². The number of hydrogen-bond acceptors (Lipinski definition) is 4. The minimum atomic E-state index is -0.677. The number of benzene rings is 2. The number of fused-ring (bicyclic) bond motifs is 1. The zero-order chi connectivity index (χ0) is 18.0. The van der Waals surface area contributed by atoms with Gasteiger partial charge in [0.05, 0.1) is 19.4 Å². The van der Waals surface area contributed by atoms with Crippen LogP contribution in [0, 0.1) is 0 Å². The molecular weight excluding hydrogens is 342 g/mol. The Kier molecular flexibility index (Phi) is 4.76. The van der Waals surface area contributed by atoms with E-state index in [1.54, 1.807) is 50.4 Å². The summed E-state index contributed by atoms with van der Waals surface area (Å²) in [5.41, 5.74) is 1.14. The van der Waals surface area contributed by atoms with E-state index >= 15 is 0 Å². The molecule has 1 aromatic heterocycles. The van der Waals surface area contributed by atoms with Crippen LogP contribution in [-0.2, 0) is 4.74 Å². The predicted octanol–water partition coefficient (Wildman–Crippen LogP) is 4.03. The van der Waals surface area contributed by atoms with E-state index < -0.39 is 11.4 Å². The van der Waals surface area contributed by atoms with Crippen LogP contribution in [0.3, 0.4) is 0 Å². The van der Waals surface area contributed by atoms with E-state index in [2.05, 4.69) is 4.98 Å². The Morgan fingerprint density at radius 3 is 2.72 bits per heavy atom. The fourth-order valence-electron chi connectivity index (χ4n) is 2.65. The molecule has 1 heterocycles. The fraction of sp³-hybridized carbons (Fsp3) is 0.158. The van der Waals surface area contributed by atoms with E-state index in [4.69, 9.17) is 21.1 Å². The number of nitrogens with one attached hydrogen (secondary N) is 1. The second kappa shape index (κ2) is 6.99. The molecule has 0 unspecified atom stereocenters. The van der Waals surface area contributed by atoms with Crippen LogP contribution in [-0.4, -0.2) is 24.7 Å². The monoisotopic (exact) mass is 357 g/mol. The van der Waals surface area contributed by atoms with Crippen LogP contribution >= 0.6 is 11.6 Å². The first-order valence-electron chi connectivity index (χ1n) is 7.72. The lowest BCUT2D eigenvalue weighted by molar-refractivity contribution is 0.0525. The van der Waals surface area contributed by atoms with Gasteiger partial charge in [-0.05, 0) is 37.3 Å². The summed E-state index contributed by atoms with van der Waals surface area (Å²) >= 11 is 5.99. The van der Waals surface area contributed by atoms with Gasteiger partial charge in [-0.25, -0.2) is 4.79 Å². The number of rotatable bonds is 4. The Bertz CT molecular complexity index is 1010. The van der Waals surface area contributed by atoms with Crippen molar-refractivity contribution in [1.29, 1.82) is 0 Å². The number of ether oxygens (including phenoxy) is 2. The minimum Gasteiger partial charge on any atom is -0.497 e. The van der Waals surface area contributed by atoms with Crippen LogP contribution in [0.2, 0.25) is 5.02 Å². The van der Waals surface area contributed by atoms with Crippen molar-refractivity contribution >= 4 is 28.5 Å². The first-order valence-corrected chi connectivity index (χ1v) is 8.10. The van der Waals surface area contributed by atoms with E-state index in [1.165, 1.54) is 6.07 Å². The van der Waals surface area contributed by atoms with E-state index in [1.807, 2.05) is 0 Å². The number of carbonyl (C=O) groups excluding carboxylic acids is 1. The topological polar surface area (TPSA) is 68.4 Å². The minimum absolute atomic E-state index is 0.0510. The molecule has 2 aromatic carbocycles. The molecule has 0 saturated heterocycles. The molecule has 0 aliphatic heterocycles. The van der Waals surface area contributed by atoms with E-state index in [-0.39, 0.29) is 12.2 Å². The first-order chi connectivity index (χ1) is 12.0. The van der Waals surface area contributed by atoms with Crippen LogP contribution in [0.15, 0.2) is 47.3 Å². The average Bonchev–Trinajstić information content (AvgIpc) is 2.62. The molecule has 6 heteroatoms. The number of halogens is 1. The highest BCUT2D eigenvalue weighted by molar-refractivity contribution is 6.31. The maximum absolute atomic E-state index is 12.9. The highest BCUT2D eigenvalue weighted by atomic mass is 35.5. The van der Waals surface area contributed by atoms with E-state index in [0.29, 0.717) is 32.9 Å².